The van der Waals surface area contributed by atoms with Gasteiger partial charge < -0.3 is 9.32 Å². The van der Waals surface area contributed by atoms with Gasteiger partial charge in [0.15, 0.2) is 0 Å². The van der Waals surface area contributed by atoms with Crippen molar-refractivity contribution in [3.8, 4) is 11.5 Å². The van der Waals surface area contributed by atoms with Crippen LogP contribution in [0.2, 0.25) is 0 Å². The van der Waals surface area contributed by atoms with Crippen LogP contribution in [-0.2, 0) is 16.8 Å². The summed E-state index contributed by atoms with van der Waals surface area (Å²) in [5.41, 5.74) is 3.03. The Balaban J connectivity index is 1.32. The van der Waals surface area contributed by atoms with Crippen LogP contribution in [0.15, 0.2) is 34.9 Å². The highest BCUT2D eigenvalue weighted by molar-refractivity contribution is 7.86. The third kappa shape index (κ3) is 4.70. The molecule has 0 bridgehead atoms. The number of rotatable bonds is 5. The molecular weight excluding hydrogens is 390 g/mol. The number of hydrogen-bond donors (Lipinski definition) is 0. The maximum atomic E-state index is 12.9. The van der Waals surface area contributed by atoms with Crippen LogP contribution in [0.25, 0.3) is 11.5 Å². The van der Waals surface area contributed by atoms with E-state index in [9.17, 15) is 8.42 Å². The van der Waals surface area contributed by atoms with Gasteiger partial charge in [0, 0.05) is 64.5 Å². The Morgan fingerprint density at radius 2 is 1.52 bits per heavy atom. The fourth-order valence-corrected chi connectivity index (χ4v) is 5.31. The molecule has 0 spiro atoms. The van der Waals surface area contributed by atoms with Crippen molar-refractivity contribution in [2.75, 3.05) is 59.4 Å². The van der Waals surface area contributed by atoms with Gasteiger partial charge in [-0.15, -0.1) is 0 Å². The van der Waals surface area contributed by atoms with Crippen molar-refractivity contribution < 1.29 is 12.8 Å². The molecule has 0 saturated carbocycles. The Bertz CT molecular complexity index is 912. The third-order valence-corrected chi connectivity index (χ3v) is 7.72. The summed E-state index contributed by atoms with van der Waals surface area (Å²) < 4.78 is 34.6. The van der Waals surface area contributed by atoms with Gasteiger partial charge in [-0.2, -0.15) is 17.0 Å². The van der Waals surface area contributed by atoms with E-state index in [0.29, 0.717) is 51.7 Å². The van der Waals surface area contributed by atoms with Crippen LogP contribution in [0.5, 0.6) is 0 Å². The van der Waals surface area contributed by atoms with Gasteiger partial charge in [0.2, 0.25) is 5.89 Å². The average Bonchev–Trinajstić information content (AvgIpc) is 3.18. The molecule has 29 heavy (non-hydrogen) atoms. The summed E-state index contributed by atoms with van der Waals surface area (Å²) in [5.74, 6) is 0.622. The molecule has 2 fully saturated rings. The molecule has 0 atom stereocenters. The summed E-state index contributed by atoms with van der Waals surface area (Å²) in [7, 11) is -1.34. The van der Waals surface area contributed by atoms with E-state index < -0.39 is 10.2 Å². The van der Waals surface area contributed by atoms with Crippen molar-refractivity contribution >= 4 is 10.2 Å². The SMILES string of the molecule is Cc1ccc(-c2nc(CN3CCN(S(=O)(=O)N4CCN(C)CC4)CC3)co2)cc1. The molecule has 9 heteroatoms. The number of nitrogens with zero attached hydrogens (tertiary/aromatic N) is 5. The molecule has 1 aromatic heterocycles. The van der Waals surface area contributed by atoms with E-state index in [0.717, 1.165) is 24.3 Å². The molecule has 3 heterocycles. The molecule has 0 amide bonds. The first-order chi connectivity index (χ1) is 13.9. The first-order valence-corrected chi connectivity index (χ1v) is 11.5. The second kappa shape index (κ2) is 8.53. The second-order valence-corrected chi connectivity index (χ2v) is 9.82. The van der Waals surface area contributed by atoms with Gasteiger partial charge in [0.25, 0.3) is 10.2 Å². The highest BCUT2D eigenvalue weighted by Gasteiger charge is 2.33. The van der Waals surface area contributed by atoms with E-state index in [4.69, 9.17) is 4.42 Å². The number of aromatic nitrogens is 1. The van der Waals surface area contributed by atoms with E-state index in [-0.39, 0.29) is 0 Å². The fraction of sp³-hybridized carbons (Fsp3) is 0.550. The van der Waals surface area contributed by atoms with Gasteiger partial charge in [0.05, 0.1) is 5.69 Å². The first kappa shape index (κ1) is 20.5. The summed E-state index contributed by atoms with van der Waals surface area (Å²) in [6.07, 6.45) is 1.70. The zero-order valence-corrected chi connectivity index (χ0v) is 17.9. The minimum absolute atomic E-state index is 0.511. The molecule has 0 unspecified atom stereocenters. The van der Waals surface area contributed by atoms with Crippen LogP contribution in [0, 0.1) is 6.92 Å². The van der Waals surface area contributed by atoms with Crippen molar-refractivity contribution in [2.45, 2.75) is 13.5 Å². The fourth-order valence-electron chi connectivity index (χ4n) is 3.74. The van der Waals surface area contributed by atoms with Crippen LogP contribution in [-0.4, -0.2) is 91.2 Å². The van der Waals surface area contributed by atoms with Gasteiger partial charge >= 0.3 is 0 Å². The van der Waals surface area contributed by atoms with Crippen LogP contribution in [0.4, 0.5) is 0 Å². The molecule has 1 aromatic carbocycles. The molecule has 2 aromatic rings. The van der Waals surface area contributed by atoms with E-state index in [2.05, 4.69) is 14.8 Å². The largest absolute Gasteiger partial charge is 0.444 e. The summed E-state index contributed by atoms with van der Waals surface area (Å²) in [6, 6.07) is 8.10. The smallest absolute Gasteiger partial charge is 0.282 e. The number of oxazole rings is 1. The first-order valence-electron chi connectivity index (χ1n) is 10.1. The zero-order chi connectivity index (χ0) is 20.4. The Hall–Kier alpha value is -1.78. The van der Waals surface area contributed by atoms with Crippen LogP contribution in [0.1, 0.15) is 11.3 Å². The average molecular weight is 420 g/mol. The van der Waals surface area contributed by atoms with Crippen LogP contribution < -0.4 is 0 Å². The molecule has 2 saturated heterocycles. The Morgan fingerprint density at radius 3 is 2.14 bits per heavy atom. The number of hydrogen-bond acceptors (Lipinski definition) is 6. The number of likely N-dealkylation sites (N-methyl/N-ethyl adjacent to an activating group) is 1. The zero-order valence-electron chi connectivity index (χ0n) is 17.1. The lowest BCUT2D eigenvalue weighted by atomic mass is 10.1. The predicted octanol–water partition coefficient (Wildman–Crippen LogP) is 1.26. The van der Waals surface area contributed by atoms with E-state index in [1.165, 1.54) is 5.56 Å². The molecule has 4 rings (SSSR count). The maximum absolute atomic E-state index is 12.9. The van der Waals surface area contributed by atoms with Crippen molar-refractivity contribution in [3.63, 3.8) is 0 Å². The number of benzene rings is 1. The quantitative estimate of drug-likeness (QED) is 0.727. The lowest BCUT2D eigenvalue weighted by Crippen LogP contribution is -2.56. The van der Waals surface area contributed by atoms with Crippen molar-refractivity contribution in [2.24, 2.45) is 0 Å². The highest BCUT2D eigenvalue weighted by Crippen LogP contribution is 2.21. The van der Waals surface area contributed by atoms with E-state index in [1.807, 2.05) is 38.2 Å². The van der Waals surface area contributed by atoms with Crippen molar-refractivity contribution in [1.29, 1.82) is 0 Å². The lowest BCUT2D eigenvalue weighted by molar-refractivity contribution is 0.163. The van der Waals surface area contributed by atoms with Gasteiger partial charge in [-0.25, -0.2) is 4.98 Å². The monoisotopic (exact) mass is 419 g/mol. The Morgan fingerprint density at radius 1 is 0.931 bits per heavy atom. The summed E-state index contributed by atoms with van der Waals surface area (Å²) in [6.45, 7) is 7.84. The Labute approximate surface area is 172 Å². The van der Waals surface area contributed by atoms with Gasteiger partial charge in [-0.1, -0.05) is 17.7 Å². The maximum Gasteiger partial charge on any atom is 0.282 e. The number of piperazine rings is 2. The van der Waals surface area contributed by atoms with Gasteiger partial charge in [0.1, 0.15) is 6.26 Å². The van der Waals surface area contributed by atoms with Crippen LogP contribution >= 0.6 is 0 Å². The number of aryl methyl sites for hydroxylation is 1. The molecular formula is C20H29N5O3S. The van der Waals surface area contributed by atoms with Gasteiger partial charge in [-0.05, 0) is 26.1 Å². The molecule has 0 radical (unpaired) electrons. The van der Waals surface area contributed by atoms with E-state index >= 15 is 0 Å². The minimum Gasteiger partial charge on any atom is -0.444 e. The second-order valence-electron chi connectivity index (χ2n) is 7.90. The third-order valence-electron chi connectivity index (χ3n) is 5.68. The molecule has 8 nitrogen and oxygen atoms in total. The summed E-state index contributed by atoms with van der Waals surface area (Å²) in [4.78, 5) is 8.99. The van der Waals surface area contributed by atoms with Gasteiger partial charge in [-0.3, -0.25) is 4.90 Å². The highest BCUT2D eigenvalue weighted by atomic mass is 32.2. The normalized spacial score (nSPS) is 20.9. The minimum atomic E-state index is -3.36. The standard InChI is InChI=1S/C20H29N5O3S/c1-17-3-5-18(6-4-17)20-21-19(16-28-20)15-23-9-13-25(14-10-23)29(26,27)24-11-7-22(2)8-12-24/h3-6,16H,7-15H2,1-2H3. The summed E-state index contributed by atoms with van der Waals surface area (Å²) >= 11 is 0. The van der Waals surface area contributed by atoms with Crippen molar-refractivity contribution in [1.82, 2.24) is 23.4 Å². The van der Waals surface area contributed by atoms with E-state index in [1.54, 1.807) is 14.9 Å². The molecule has 0 N–H and O–H groups in total. The Kier molecular flexibility index (Phi) is 6.03. The predicted molar refractivity (Wildman–Crippen MR) is 112 cm³/mol. The van der Waals surface area contributed by atoms with Crippen molar-refractivity contribution in [3.05, 3.63) is 41.8 Å². The molecule has 2 aliphatic rings. The molecule has 2 aliphatic heterocycles. The molecule has 158 valence electrons. The lowest BCUT2D eigenvalue weighted by Gasteiger charge is -2.38. The molecule has 0 aliphatic carbocycles. The summed E-state index contributed by atoms with van der Waals surface area (Å²) in [5, 5.41) is 0. The topological polar surface area (TPSA) is 73.1 Å². The van der Waals surface area contributed by atoms with Crippen LogP contribution in [0.3, 0.4) is 0 Å².